The molecule has 0 bridgehead atoms. The molecule has 1 amide bonds. The summed E-state index contributed by atoms with van der Waals surface area (Å²) in [5, 5.41) is 11.3. The lowest BCUT2D eigenvalue weighted by Crippen LogP contribution is -2.35. The van der Waals surface area contributed by atoms with E-state index in [9.17, 15) is 9.59 Å². The average molecular weight is 596 g/mol. The van der Waals surface area contributed by atoms with Crippen molar-refractivity contribution in [2.75, 3.05) is 37.9 Å². The van der Waals surface area contributed by atoms with Crippen LogP contribution in [0.15, 0.2) is 94.9 Å². The molecule has 1 fully saturated rings. The maximum atomic E-state index is 13.6. The number of nitrogens with zero attached hydrogens (tertiary/aromatic N) is 6. The number of rotatable bonds is 12. The number of amides is 1. The fourth-order valence-corrected chi connectivity index (χ4v) is 5.45. The summed E-state index contributed by atoms with van der Waals surface area (Å²) < 4.78 is 8.12. The van der Waals surface area contributed by atoms with Crippen LogP contribution < -0.4 is 16.4 Å². The van der Waals surface area contributed by atoms with Crippen molar-refractivity contribution in [2.45, 2.75) is 39.9 Å². The first-order valence-corrected chi connectivity index (χ1v) is 15.1. The van der Waals surface area contributed by atoms with Gasteiger partial charge in [0.15, 0.2) is 0 Å². The molecular formula is C34H41N7O3. The number of hydrogen-bond donors (Lipinski definition) is 1. The second-order valence-corrected chi connectivity index (χ2v) is 11.1. The van der Waals surface area contributed by atoms with Crippen LogP contribution in [0.3, 0.4) is 0 Å². The van der Waals surface area contributed by atoms with Crippen molar-refractivity contribution in [3.63, 3.8) is 0 Å². The lowest BCUT2D eigenvalue weighted by atomic mass is 9.90. The van der Waals surface area contributed by atoms with Gasteiger partial charge in [-0.25, -0.2) is 14.5 Å². The van der Waals surface area contributed by atoms with Gasteiger partial charge < -0.3 is 10.5 Å². The molecule has 2 aliphatic heterocycles. The Morgan fingerprint density at radius 1 is 1.02 bits per heavy atom. The summed E-state index contributed by atoms with van der Waals surface area (Å²) >= 11 is 0. The minimum absolute atomic E-state index is 0.148. The molecule has 5 rings (SSSR count). The molecule has 10 nitrogen and oxygen atoms in total. The summed E-state index contributed by atoms with van der Waals surface area (Å²) in [7, 11) is 0. The van der Waals surface area contributed by atoms with E-state index in [0.717, 1.165) is 61.7 Å². The number of nitrogens with two attached hydrogens (primary N) is 1. The zero-order chi connectivity index (χ0) is 31.1. The maximum absolute atomic E-state index is 13.6. The van der Waals surface area contributed by atoms with Crippen molar-refractivity contribution in [3.8, 4) is 0 Å². The molecule has 0 spiro atoms. The van der Waals surface area contributed by atoms with Gasteiger partial charge in [-0.3, -0.25) is 14.3 Å². The quantitative estimate of drug-likeness (QED) is 0.321. The Hall–Kier alpha value is -4.54. The van der Waals surface area contributed by atoms with Crippen LogP contribution in [0, 0.1) is 5.92 Å². The fraction of sp³-hybridized carbons (Fsp3) is 0.353. The molecule has 44 heavy (non-hydrogen) atoms. The third kappa shape index (κ3) is 7.32. The van der Waals surface area contributed by atoms with Gasteiger partial charge >= 0.3 is 5.69 Å². The molecule has 3 aromatic rings. The van der Waals surface area contributed by atoms with Crippen LogP contribution in [0.1, 0.15) is 36.1 Å². The number of aromatic nitrogens is 3. The summed E-state index contributed by atoms with van der Waals surface area (Å²) in [5.41, 5.74) is 11.2. The van der Waals surface area contributed by atoms with Crippen LogP contribution in [-0.2, 0) is 35.6 Å². The maximum Gasteiger partial charge on any atom is 0.348 e. The number of morpholine rings is 1. The first-order chi connectivity index (χ1) is 21.4. The molecule has 230 valence electrons. The van der Waals surface area contributed by atoms with Crippen LogP contribution in [0.25, 0.3) is 0 Å². The molecule has 2 aromatic carbocycles. The molecule has 1 saturated heterocycles. The van der Waals surface area contributed by atoms with Crippen LogP contribution >= 0.6 is 0 Å². The number of allylic oxidation sites excluding steroid dienone is 4. The Bertz CT molecular complexity index is 1610. The molecule has 0 saturated carbocycles. The second kappa shape index (κ2) is 14.3. The Balaban J connectivity index is 1.44. The summed E-state index contributed by atoms with van der Waals surface area (Å²) in [5.74, 6) is -0.507. The van der Waals surface area contributed by atoms with E-state index in [1.54, 1.807) is 5.01 Å². The topological polar surface area (TPSA) is 111 Å². The first kappa shape index (κ1) is 30.9. The minimum Gasteiger partial charge on any atom is -0.379 e. The first-order valence-electron chi connectivity index (χ1n) is 15.1. The number of carbonyl (C=O) groups is 1. The highest BCUT2D eigenvalue weighted by Gasteiger charge is 2.33. The van der Waals surface area contributed by atoms with Crippen molar-refractivity contribution >= 4 is 17.6 Å². The fourth-order valence-electron chi connectivity index (χ4n) is 5.45. The smallest absolute Gasteiger partial charge is 0.348 e. The molecule has 1 aromatic heterocycles. The van der Waals surface area contributed by atoms with Crippen molar-refractivity contribution in [3.05, 3.63) is 118 Å². The molecule has 10 heteroatoms. The number of hydrogen-bond acceptors (Lipinski definition) is 7. The standard InChI is InChI=1S/C34H41N7O3/c1-4-6-7-8-25(3)30-23-40(36-32(30)29-15-13-26(5-2)14-16-29)33-37-41(34(43)39(33)24-31(35)42)22-28-11-9-27(10-12-28)21-38-17-19-44-20-18-38/h4,6-16,30H,3,5,17-24H2,1-2H3,(H2,35,42)/b6-4-,8-7-/t30-/m1/s1. The van der Waals surface area contributed by atoms with E-state index in [2.05, 4.69) is 59.9 Å². The van der Waals surface area contributed by atoms with Gasteiger partial charge in [0.25, 0.3) is 0 Å². The Morgan fingerprint density at radius 2 is 1.68 bits per heavy atom. The number of aryl methyl sites for hydroxylation is 1. The lowest BCUT2D eigenvalue weighted by Gasteiger charge is -2.26. The van der Waals surface area contributed by atoms with E-state index in [0.29, 0.717) is 6.54 Å². The predicted octanol–water partition coefficient (Wildman–Crippen LogP) is 3.50. The summed E-state index contributed by atoms with van der Waals surface area (Å²) in [6, 6.07) is 16.5. The number of primary amides is 1. The second-order valence-electron chi connectivity index (χ2n) is 11.1. The van der Waals surface area contributed by atoms with Crippen molar-refractivity contribution in [1.29, 1.82) is 0 Å². The largest absolute Gasteiger partial charge is 0.379 e. The van der Waals surface area contributed by atoms with Gasteiger partial charge in [-0.05, 0) is 41.2 Å². The lowest BCUT2D eigenvalue weighted by molar-refractivity contribution is -0.118. The van der Waals surface area contributed by atoms with E-state index in [4.69, 9.17) is 15.6 Å². The molecule has 2 aliphatic rings. The Kier molecular flexibility index (Phi) is 10.0. The van der Waals surface area contributed by atoms with Crippen molar-refractivity contribution in [2.24, 2.45) is 16.8 Å². The molecule has 2 N–H and O–H groups in total. The van der Waals surface area contributed by atoms with Gasteiger partial charge in [-0.2, -0.15) is 5.10 Å². The van der Waals surface area contributed by atoms with E-state index < -0.39 is 11.6 Å². The third-order valence-corrected chi connectivity index (χ3v) is 7.95. The van der Waals surface area contributed by atoms with Crippen LogP contribution in [0.4, 0.5) is 5.95 Å². The molecular weight excluding hydrogens is 554 g/mol. The molecule has 1 atom stereocenters. The average Bonchev–Trinajstić information content (AvgIpc) is 3.60. The van der Waals surface area contributed by atoms with E-state index in [-0.39, 0.29) is 25.0 Å². The van der Waals surface area contributed by atoms with Crippen LogP contribution in [0.2, 0.25) is 0 Å². The molecule has 3 heterocycles. The van der Waals surface area contributed by atoms with Gasteiger partial charge in [-0.15, -0.1) is 5.10 Å². The monoisotopic (exact) mass is 595 g/mol. The highest BCUT2D eigenvalue weighted by molar-refractivity contribution is 6.06. The normalized spacial score (nSPS) is 17.5. The van der Waals surface area contributed by atoms with Gasteiger partial charge in [0.1, 0.15) is 6.54 Å². The number of ether oxygens (including phenoxy) is 1. The summed E-state index contributed by atoms with van der Waals surface area (Å²) in [6.45, 7) is 13.0. The Labute approximate surface area is 258 Å². The third-order valence-electron chi connectivity index (χ3n) is 7.95. The van der Waals surface area contributed by atoms with E-state index in [1.807, 2.05) is 43.4 Å². The molecule has 0 radical (unpaired) electrons. The molecule has 0 unspecified atom stereocenters. The minimum atomic E-state index is -0.630. The van der Waals surface area contributed by atoms with Crippen LogP contribution in [-0.4, -0.2) is 63.7 Å². The van der Waals surface area contributed by atoms with Gasteiger partial charge in [0.05, 0.1) is 32.0 Å². The van der Waals surface area contributed by atoms with E-state index in [1.165, 1.54) is 20.4 Å². The summed E-state index contributed by atoms with van der Waals surface area (Å²) in [4.78, 5) is 28.0. The highest BCUT2D eigenvalue weighted by Crippen LogP contribution is 2.29. The van der Waals surface area contributed by atoms with Crippen molar-refractivity contribution in [1.82, 2.24) is 19.2 Å². The highest BCUT2D eigenvalue weighted by atomic mass is 16.5. The predicted molar refractivity (Wildman–Crippen MR) is 174 cm³/mol. The number of carbonyl (C=O) groups excluding carboxylic acids is 1. The number of benzene rings is 2. The Morgan fingerprint density at radius 3 is 2.32 bits per heavy atom. The van der Waals surface area contributed by atoms with Gasteiger partial charge in [-0.1, -0.05) is 86.3 Å². The zero-order valence-corrected chi connectivity index (χ0v) is 25.6. The number of anilines is 1. The SMILES string of the molecule is C=C(/C=C\C=C/C)[C@H]1CN(c2nn(Cc3ccc(CN4CCOCC4)cc3)c(=O)n2CC(N)=O)N=C1c1ccc(CC)cc1. The van der Waals surface area contributed by atoms with Gasteiger partial charge in [0.2, 0.25) is 11.9 Å². The van der Waals surface area contributed by atoms with Crippen LogP contribution in [0.5, 0.6) is 0 Å². The zero-order valence-electron chi connectivity index (χ0n) is 25.6. The molecule has 0 aliphatic carbocycles. The van der Waals surface area contributed by atoms with E-state index >= 15 is 0 Å². The van der Waals surface area contributed by atoms with Crippen molar-refractivity contribution < 1.29 is 9.53 Å². The number of hydrazone groups is 1. The summed E-state index contributed by atoms with van der Waals surface area (Å²) in [6.07, 6.45) is 8.77. The van der Waals surface area contributed by atoms with Gasteiger partial charge in [0, 0.05) is 25.6 Å².